The van der Waals surface area contributed by atoms with Crippen LogP contribution in [0.3, 0.4) is 0 Å². The third-order valence-corrected chi connectivity index (χ3v) is 9.61. The van der Waals surface area contributed by atoms with Crippen LogP contribution in [0.4, 0.5) is 5.69 Å². The van der Waals surface area contributed by atoms with E-state index in [-0.39, 0.29) is 47.8 Å². The number of aliphatic hydroxyl groups is 4. The second kappa shape index (κ2) is 11.5. The zero-order valence-corrected chi connectivity index (χ0v) is 26.8. The van der Waals surface area contributed by atoms with Crippen molar-refractivity contribution in [2.75, 3.05) is 46.2 Å². The van der Waals surface area contributed by atoms with Gasteiger partial charge in [0.2, 0.25) is 5.78 Å². The van der Waals surface area contributed by atoms with E-state index in [9.17, 15) is 39.9 Å². The van der Waals surface area contributed by atoms with Crippen LogP contribution in [-0.2, 0) is 22.6 Å². The molecule has 12 nitrogen and oxygen atoms in total. The largest absolute Gasteiger partial charge is 0.510 e. The molecular formula is C32H46N4O8. The number of benzene rings is 1. The van der Waals surface area contributed by atoms with E-state index in [4.69, 9.17) is 5.73 Å². The molecule has 0 heterocycles. The number of aromatic hydroxyl groups is 1. The molecule has 0 fully saturated rings. The fourth-order valence-corrected chi connectivity index (χ4v) is 7.65. The van der Waals surface area contributed by atoms with Gasteiger partial charge in [-0.2, -0.15) is 0 Å². The van der Waals surface area contributed by atoms with Gasteiger partial charge >= 0.3 is 0 Å². The highest BCUT2D eigenvalue weighted by atomic mass is 16.3. The minimum Gasteiger partial charge on any atom is -0.510 e. The molecule has 0 unspecified atom stereocenters. The van der Waals surface area contributed by atoms with Crippen LogP contribution in [0.25, 0.3) is 0 Å². The molecule has 1 aromatic rings. The molecule has 44 heavy (non-hydrogen) atoms. The van der Waals surface area contributed by atoms with Crippen molar-refractivity contribution in [1.82, 2.24) is 9.80 Å². The highest BCUT2D eigenvalue weighted by Crippen LogP contribution is 2.53. The summed E-state index contributed by atoms with van der Waals surface area (Å²) in [4.78, 5) is 45.4. The van der Waals surface area contributed by atoms with Crippen LogP contribution in [0, 0.1) is 17.3 Å². The normalized spacial score (nSPS) is 26.1. The molecule has 0 radical (unpaired) electrons. The van der Waals surface area contributed by atoms with Crippen LogP contribution in [0.2, 0.25) is 0 Å². The Morgan fingerprint density at radius 3 is 2.23 bits per heavy atom. The van der Waals surface area contributed by atoms with Gasteiger partial charge in [0.05, 0.1) is 18.2 Å². The van der Waals surface area contributed by atoms with Crippen LogP contribution in [0.15, 0.2) is 28.7 Å². The standard InChI is InChI=1S/C32H46N4O8/c1-9-36(20(14-37)31(2,3)4)13-16-12-19(38)22-17(24(16)34(5)6)10-15-11-18-25(35(7)8)27(40)23(30(33)43)29(42)32(18,44)28(41)21(15)26(22)39/h12,15,18,20,25,37-38,40-41,44H,9-11,13-14H2,1-8H3,(H2,33,43)/t15-,18-,20+,25-,32-/m0/s1. The van der Waals surface area contributed by atoms with E-state index in [1.807, 2.05) is 46.7 Å². The molecule has 4 rings (SSSR count). The molecule has 7 N–H and O–H groups in total. The molecule has 3 aliphatic rings. The number of rotatable bonds is 8. The number of likely N-dealkylation sites (N-methyl/N-ethyl adjacent to an activating group) is 2. The summed E-state index contributed by atoms with van der Waals surface area (Å²) in [5, 5.41) is 55.9. The number of Topliss-reactive ketones (excluding diaryl/α,β-unsaturated/α-hetero) is 2. The summed E-state index contributed by atoms with van der Waals surface area (Å²) < 4.78 is 0. The van der Waals surface area contributed by atoms with E-state index in [0.29, 0.717) is 18.7 Å². The summed E-state index contributed by atoms with van der Waals surface area (Å²) in [6.07, 6.45) is 0.208. The predicted octanol–water partition coefficient (Wildman–Crippen LogP) is 1.42. The number of aliphatic hydroxyl groups excluding tert-OH is 3. The average Bonchev–Trinajstić information content (AvgIpc) is 2.89. The lowest BCUT2D eigenvalue weighted by Gasteiger charge is -2.50. The Morgan fingerprint density at radius 2 is 1.75 bits per heavy atom. The second-order valence-corrected chi connectivity index (χ2v) is 13.7. The lowest BCUT2D eigenvalue weighted by atomic mass is 9.58. The number of primary amides is 1. The van der Waals surface area contributed by atoms with Crippen LogP contribution in [0.5, 0.6) is 5.75 Å². The minimum atomic E-state index is -2.68. The zero-order valence-electron chi connectivity index (χ0n) is 26.8. The summed E-state index contributed by atoms with van der Waals surface area (Å²) >= 11 is 0. The van der Waals surface area contributed by atoms with Gasteiger partial charge < -0.3 is 36.2 Å². The fourth-order valence-electron chi connectivity index (χ4n) is 7.65. The zero-order chi connectivity index (χ0) is 33.2. The number of phenols is 1. The molecule has 0 spiro atoms. The Hall–Kier alpha value is -3.45. The SMILES string of the molecule is CCN(Cc1cc(O)c2c(c1N(C)C)C[C@H]1C[C@H]3[C@H](N(C)C)C(O)=C(C(N)=O)C(=O)[C@@]3(O)C(O)=C1C2=O)[C@H](CO)C(C)(C)C. The fraction of sp³-hybridized carbons (Fsp3) is 0.594. The summed E-state index contributed by atoms with van der Waals surface area (Å²) in [6, 6.07) is 0.284. The van der Waals surface area contributed by atoms with E-state index in [1.165, 1.54) is 11.0 Å². The van der Waals surface area contributed by atoms with Crippen molar-refractivity contribution in [3.8, 4) is 5.75 Å². The topological polar surface area (TPSA) is 188 Å². The molecule has 0 aliphatic heterocycles. The quantitative estimate of drug-likeness (QED) is 0.232. The third-order valence-electron chi connectivity index (χ3n) is 9.61. The Balaban J connectivity index is 1.91. The number of allylic oxidation sites excluding steroid dienone is 1. The maximum absolute atomic E-state index is 14.1. The first-order chi connectivity index (χ1) is 20.3. The van der Waals surface area contributed by atoms with Gasteiger partial charge in [0, 0.05) is 43.9 Å². The van der Waals surface area contributed by atoms with Gasteiger partial charge in [-0.25, -0.2) is 0 Å². The predicted molar refractivity (Wildman–Crippen MR) is 164 cm³/mol. The summed E-state index contributed by atoms with van der Waals surface area (Å²) in [6.45, 7) is 9.09. The van der Waals surface area contributed by atoms with Crippen molar-refractivity contribution < 1.29 is 39.9 Å². The summed E-state index contributed by atoms with van der Waals surface area (Å²) in [5.74, 6) is -6.81. The van der Waals surface area contributed by atoms with Gasteiger partial charge in [0.1, 0.15) is 22.8 Å². The van der Waals surface area contributed by atoms with Crippen LogP contribution in [0.1, 0.15) is 55.6 Å². The molecule has 0 saturated heterocycles. The number of carbonyl (C=O) groups is 3. The van der Waals surface area contributed by atoms with Crippen molar-refractivity contribution in [3.63, 3.8) is 0 Å². The first kappa shape index (κ1) is 33.4. The number of anilines is 1. The van der Waals surface area contributed by atoms with Crippen molar-refractivity contribution in [2.24, 2.45) is 23.0 Å². The van der Waals surface area contributed by atoms with Gasteiger partial charge in [0.25, 0.3) is 5.91 Å². The van der Waals surface area contributed by atoms with E-state index in [0.717, 1.165) is 11.3 Å². The highest BCUT2D eigenvalue weighted by molar-refractivity contribution is 6.24. The second-order valence-electron chi connectivity index (χ2n) is 13.7. The van der Waals surface area contributed by atoms with Gasteiger partial charge in [-0.15, -0.1) is 0 Å². The Morgan fingerprint density at radius 1 is 1.14 bits per heavy atom. The van der Waals surface area contributed by atoms with Crippen molar-refractivity contribution in [2.45, 2.75) is 64.8 Å². The average molecular weight is 615 g/mol. The van der Waals surface area contributed by atoms with Gasteiger partial charge in [-0.3, -0.25) is 24.2 Å². The Bertz CT molecular complexity index is 1460. The maximum atomic E-state index is 14.1. The number of hydrogen-bond donors (Lipinski definition) is 6. The van der Waals surface area contributed by atoms with Crippen molar-refractivity contribution in [3.05, 3.63) is 45.4 Å². The Labute approximate surface area is 258 Å². The molecule has 0 bridgehead atoms. The molecule has 5 atom stereocenters. The lowest BCUT2D eigenvalue weighted by molar-refractivity contribution is -0.148. The van der Waals surface area contributed by atoms with E-state index in [1.54, 1.807) is 14.1 Å². The number of nitrogens with two attached hydrogens (primary N) is 1. The molecule has 242 valence electrons. The number of amides is 1. The van der Waals surface area contributed by atoms with Gasteiger partial charge in [-0.1, -0.05) is 27.7 Å². The molecule has 3 aliphatic carbocycles. The van der Waals surface area contributed by atoms with Gasteiger partial charge in [0.15, 0.2) is 11.4 Å². The first-order valence-corrected chi connectivity index (χ1v) is 14.9. The van der Waals surface area contributed by atoms with Crippen LogP contribution >= 0.6 is 0 Å². The number of ketones is 2. The van der Waals surface area contributed by atoms with Crippen LogP contribution < -0.4 is 10.6 Å². The number of fused-ring (bicyclic) bond motifs is 3. The van der Waals surface area contributed by atoms with Gasteiger partial charge in [-0.05, 0) is 62.0 Å². The minimum absolute atomic E-state index is 0.0152. The highest BCUT2D eigenvalue weighted by Gasteiger charge is 2.63. The lowest BCUT2D eigenvalue weighted by Crippen LogP contribution is -2.63. The monoisotopic (exact) mass is 614 g/mol. The number of hydrogen-bond acceptors (Lipinski definition) is 11. The molecule has 0 aromatic heterocycles. The maximum Gasteiger partial charge on any atom is 0.255 e. The molecule has 1 amide bonds. The van der Waals surface area contributed by atoms with Crippen molar-refractivity contribution >= 4 is 23.2 Å². The van der Waals surface area contributed by atoms with E-state index < -0.39 is 58.0 Å². The van der Waals surface area contributed by atoms with E-state index in [2.05, 4.69) is 4.90 Å². The summed E-state index contributed by atoms with van der Waals surface area (Å²) in [7, 11) is 6.86. The first-order valence-electron chi connectivity index (χ1n) is 14.9. The number of carbonyl (C=O) groups excluding carboxylic acids is 3. The smallest absolute Gasteiger partial charge is 0.255 e. The third kappa shape index (κ3) is 4.97. The van der Waals surface area contributed by atoms with E-state index >= 15 is 0 Å². The van der Waals surface area contributed by atoms with Crippen LogP contribution in [-0.4, -0.2) is 112 Å². The molecule has 12 heteroatoms. The number of phenolic OH excluding ortho intramolecular Hbond substituents is 1. The van der Waals surface area contributed by atoms with Crippen molar-refractivity contribution in [1.29, 1.82) is 0 Å². The number of nitrogens with zero attached hydrogens (tertiary/aromatic N) is 3. The molecule has 0 saturated carbocycles. The Kier molecular flexibility index (Phi) is 8.73. The molecular weight excluding hydrogens is 568 g/mol. The molecule has 1 aromatic carbocycles. The summed E-state index contributed by atoms with van der Waals surface area (Å²) in [5.41, 5.74) is 3.46.